The second-order valence-corrected chi connectivity index (χ2v) is 8.07. The van der Waals surface area contributed by atoms with Crippen LogP contribution in [-0.4, -0.2) is 38.0 Å². The van der Waals surface area contributed by atoms with Crippen molar-refractivity contribution < 1.29 is 9.47 Å². The topological polar surface area (TPSA) is 30.5 Å². The van der Waals surface area contributed by atoms with Gasteiger partial charge in [-0.2, -0.15) is 0 Å². The highest BCUT2D eigenvalue weighted by Crippen LogP contribution is 2.33. The lowest BCUT2D eigenvalue weighted by atomic mass is 9.83. The summed E-state index contributed by atoms with van der Waals surface area (Å²) in [6, 6.07) is 4.70. The first-order chi connectivity index (χ1) is 10.2. The van der Waals surface area contributed by atoms with E-state index in [9.17, 15) is 0 Å². The molecule has 1 aliphatic rings. The molecule has 1 fully saturated rings. The molecular formula is C16H26BrNO2S. The molecular weight excluding hydrogens is 350 g/mol. The zero-order valence-electron chi connectivity index (χ0n) is 13.0. The van der Waals surface area contributed by atoms with Crippen LogP contribution in [0, 0.1) is 0 Å². The third kappa shape index (κ3) is 4.76. The molecule has 1 aromatic heterocycles. The molecule has 5 heteroatoms. The van der Waals surface area contributed by atoms with E-state index in [4.69, 9.17) is 9.47 Å². The minimum atomic E-state index is -0.0847. The monoisotopic (exact) mass is 375 g/mol. The van der Waals surface area contributed by atoms with Gasteiger partial charge in [-0.05, 0) is 54.4 Å². The first-order valence-electron chi connectivity index (χ1n) is 7.89. The minimum Gasteiger partial charge on any atom is -0.381 e. The van der Waals surface area contributed by atoms with Crippen molar-refractivity contribution in [1.82, 2.24) is 5.32 Å². The van der Waals surface area contributed by atoms with Crippen molar-refractivity contribution in [1.29, 1.82) is 0 Å². The lowest BCUT2D eigenvalue weighted by Crippen LogP contribution is -2.56. The van der Waals surface area contributed by atoms with Gasteiger partial charge in [0.25, 0.3) is 0 Å². The molecule has 0 aromatic carbocycles. The molecule has 1 unspecified atom stereocenters. The second kappa shape index (κ2) is 8.63. The summed E-state index contributed by atoms with van der Waals surface area (Å²) in [5.41, 5.74) is -0.0847. The summed E-state index contributed by atoms with van der Waals surface area (Å²) in [5, 5.41) is 3.73. The Morgan fingerprint density at radius 3 is 2.71 bits per heavy atom. The Labute approximate surface area is 140 Å². The van der Waals surface area contributed by atoms with E-state index in [1.165, 1.54) is 8.66 Å². The van der Waals surface area contributed by atoms with Crippen molar-refractivity contribution in [2.24, 2.45) is 0 Å². The Morgan fingerprint density at radius 1 is 1.38 bits per heavy atom. The quantitative estimate of drug-likeness (QED) is 0.744. The predicted molar refractivity (Wildman–Crippen MR) is 92.2 cm³/mol. The van der Waals surface area contributed by atoms with Crippen LogP contribution in [0.4, 0.5) is 0 Å². The van der Waals surface area contributed by atoms with Crippen LogP contribution in [0.3, 0.4) is 0 Å². The SMILES string of the molecule is CCCNC(Cc1ccc(Br)s1)C1(OCC)CCOCC1. The molecule has 1 saturated heterocycles. The highest BCUT2D eigenvalue weighted by molar-refractivity contribution is 9.11. The Morgan fingerprint density at radius 2 is 2.14 bits per heavy atom. The van der Waals surface area contributed by atoms with Gasteiger partial charge in [-0.25, -0.2) is 0 Å². The standard InChI is InChI=1S/C16H26BrNO2S/c1-3-9-18-14(12-13-5-6-15(17)21-13)16(20-4-2)7-10-19-11-8-16/h5-6,14,18H,3-4,7-12H2,1-2H3. The van der Waals surface area contributed by atoms with Gasteiger partial charge in [0, 0.05) is 43.6 Å². The highest BCUT2D eigenvalue weighted by atomic mass is 79.9. The minimum absolute atomic E-state index is 0.0847. The summed E-state index contributed by atoms with van der Waals surface area (Å²) in [6.45, 7) is 7.71. The molecule has 1 N–H and O–H groups in total. The van der Waals surface area contributed by atoms with Crippen LogP contribution < -0.4 is 5.32 Å². The van der Waals surface area contributed by atoms with E-state index < -0.39 is 0 Å². The molecule has 1 atom stereocenters. The van der Waals surface area contributed by atoms with Gasteiger partial charge in [-0.15, -0.1) is 11.3 Å². The van der Waals surface area contributed by atoms with Crippen LogP contribution in [0.15, 0.2) is 15.9 Å². The van der Waals surface area contributed by atoms with Gasteiger partial charge < -0.3 is 14.8 Å². The van der Waals surface area contributed by atoms with Crippen molar-refractivity contribution in [3.8, 4) is 0 Å². The maximum absolute atomic E-state index is 6.26. The molecule has 3 nitrogen and oxygen atoms in total. The molecule has 0 radical (unpaired) electrons. The van der Waals surface area contributed by atoms with E-state index in [0.717, 1.165) is 52.0 Å². The van der Waals surface area contributed by atoms with Gasteiger partial charge in [0.05, 0.1) is 9.39 Å². The lowest BCUT2D eigenvalue weighted by Gasteiger charge is -2.43. The Balaban J connectivity index is 2.14. The highest BCUT2D eigenvalue weighted by Gasteiger charge is 2.41. The molecule has 0 spiro atoms. The van der Waals surface area contributed by atoms with Crippen LogP contribution in [0.1, 0.15) is 38.0 Å². The molecule has 1 aromatic rings. The average molecular weight is 376 g/mol. The fourth-order valence-corrected chi connectivity index (χ4v) is 4.55. The molecule has 0 amide bonds. The lowest BCUT2D eigenvalue weighted by molar-refractivity contribution is -0.126. The third-order valence-corrected chi connectivity index (χ3v) is 5.73. The van der Waals surface area contributed by atoms with Gasteiger partial charge in [-0.3, -0.25) is 0 Å². The fourth-order valence-electron chi connectivity index (χ4n) is 3.02. The van der Waals surface area contributed by atoms with Crippen LogP contribution >= 0.6 is 27.3 Å². The van der Waals surface area contributed by atoms with E-state index in [2.05, 4.69) is 47.2 Å². The average Bonchev–Trinajstić information content (AvgIpc) is 2.90. The normalized spacial score (nSPS) is 19.6. The van der Waals surface area contributed by atoms with Crippen LogP contribution in [0.5, 0.6) is 0 Å². The van der Waals surface area contributed by atoms with Crippen molar-refractivity contribution in [3.05, 3.63) is 20.8 Å². The number of nitrogens with one attached hydrogen (secondary N) is 1. The molecule has 0 aliphatic carbocycles. The summed E-state index contributed by atoms with van der Waals surface area (Å²) in [5.74, 6) is 0. The fraction of sp³-hybridized carbons (Fsp3) is 0.750. The summed E-state index contributed by atoms with van der Waals surface area (Å²) in [6.07, 6.45) is 4.13. The zero-order chi connectivity index (χ0) is 15.1. The van der Waals surface area contributed by atoms with Gasteiger partial charge in [0.1, 0.15) is 0 Å². The van der Waals surface area contributed by atoms with E-state index in [1.807, 2.05) is 11.3 Å². The van der Waals surface area contributed by atoms with Crippen LogP contribution in [0.25, 0.3) is 0 Å². The van der Waals surface area contributed by atoms with Crippen molar-refractivity contribution >= 4 is 27.3 Å². The maximum atomic E-state index is 6.26. The van der Waals surface area contributed by atoms with Gasteiger partial charge in [-0.1, -0.05) is 6.92 Å². The van der Waals surface area contributed by atoms with E-state index in [-0.39, 0.29) is 5.60 Å². The van der Waals surface area contributed by atoms with Gasteiger partial charge in [0.2, 0.25) is 0 Å². The second-order valence-electron chi connectivity index (χ2n) is 5.53. The predicted octanol–water partition coefficient (Wildman–Crippen LogP) is 4.01. The Hall–Kier alpha value is 0.0600. The first kappa shape index (κ1) is 17.4. The number of thiophene rings is 1. The van der Waals surface area contributed by atoms with Crippen molar-refractivity contribution in [2.75, 3.05) is 26.4 Å². The summed E-state index contributed by atoms with van der Waals surface area (Å²) >= 11 is 5.38. The summed E-state index contributed by atoms with van der Waals surface area (Å²) in [4.78, 5) is 1.40. The molecule has 2 heterocycles. The largest absolute Gasteiger partial charge is 0.381 e. The number of ether oxygens (including phenoxy) is 2. The van der Waals surface area contributed by atoms with Crippen molar-refractivity contribution in [3.63, 3.8) is 0 Å². The summed E-state index contributed by atoms with van der Waals surface area (Å²) in [7, 11) is 0. The number of hydrogen-bond donors (Lipinski definition) is 1. The number of halogens is 1. The number of rotatable bonds is 8. The van der Waals surface area contributed by atoms with E-state index in [0.29, 0.717) is 6.04 Å². The van der Waals surface area contributed by atoms with E-state index in [1.54, 1.807) is 0 Å². The Kier molecular flexibility index (Phi) is 7.16. The third-order valence-electron chi connectivity index (χ3n) is 4.08. The first-order valence-corrected chi connectivity index (χ1v) is 9.50. The molecule has 2 rings (SSSR count). The van der Waals surface area contributed by atoms with Crippen LogP contribution in [-0.2, 0) is 15.9 Å². The van der Waals surface area contributed by atoms with Crippen LogP contribution in [0.2, 0.25) is 0 Å². The van der Waals surface area contributed by atoms with E-state index >= 15 is 0 Å². The molecule has 120 valence electrons. The van der Waals surface area contributed by atoms with Gasteiger partial charge in [0.15, 0.2) is 0 Å². The Bertz CT molecular complexity index is 413. The smallest absolute Gasteiger partial charge is 0.0881 e. The molecule has 0 saturated carbocycles. The zero-order valence-corrected chi connectivity index (χ0v) is 15.4. The summed E-state index contributed by atoms with van der Waals surface area (Å²) < 4.78 is 13.0. The van der Waals surface area contributed by atoms with Crippen molar-refractivity contribution in [2.45, 2.75) is 51.2 Å². The maximum Gasteiger partial charge on any atom is 0.0881 e. The van der Waals surface area contributed by atoms with Gasteiger partial charge >= 0.3 is 0 Å². The molecule has 0 bridgehead atoms. The molecule has 1 aliphatic heterocycles. The molecule has 21 heavy (non-hydrogen) atoms. The number of hydrogen-bond acceptors (Lipinski definition) is 4.